The lowest BCUT2D eigenvalue weighted by molar-refractivity contribution is 0.0342. The number of nitrogens with zero attached hydrogens (tertiary/aromatic N) is 4. The second kappa shape index (κ2) is 8.97. The molecule has 0 atom stereocenters. The van der Waals surface area contributed by atoms with E-state index in [4.69, 9.17) is 10.5 Å². The predicted molar refractivity (Wildman–Crippen MR) is 119 cm³/mol. The van der Waals surface area contributed by atoms with E-state index < -0.39 is 5.91 Å². The highest BCUT2D eigenvalue weighted by molar-refractivity contribution is 5.90. The lowest BCUT2D eigenvalue weighted by Crippen LogP contribution is -2.35. The van der Waals surface area contributed by atoms with Crippen LogP contribution in [0.15, 0.2) is 36.4 Å². The zero-order valence-corrected chi connectivity index (χ0v) is 18.2. The van der Waals surface area contributed by atoms with Crippen molar-refractivity contribution in [1.29, 1.82) is 0 Å². The minimum absolute atomic E-state index is 0.00472. The van der Waals surface area contributed by atoms with E-state index in [-0.39, 0.29) is 29.1 Å². The van der Waals surface area contributed by atoms with Crippen molar-refractivity contribution >= 4 is 5.91 Å². The number of nitrogens with two attached hydrogens (primary N) is 1. The molecular weight excluding hydrogens is 410 g/mol. The highest BCUT2D eigenvalue weighted by Gasteiger charge is 2.23. The maximum absolute atomic E-state index is 12.1. The molecular formula is C23H27N5O4. The van der Waals surface area contributed by atoms with Crippen LogP contribution in [0.3, 0.4) is 0 Å². The summed E-state index contributed by atoms with van der Waals surface area (Å²) in [6, 6.07) is 10.6. The van der Waals surface area contributed by atoms with Crippen molar-refractivity contribution in [2.75, 3.05) is 26.3 Å². The lowest BCUT2D eigenvalue weighted by atomic mass is 9.98. The Morgan fingerprint density at radius 1 is 1.09 bits per heavy atom. The Morgan fingerprint density at radius 2 is 1.78 bits per heavy atom. The van der Waals surface area contributed by atoms with Gasteiger partial charge in [-0.3, -0.25) is 14.3 Å². The van der Waals surface area contributed by atoms with Gasteiger partial charge in [-0.25, -0.2) is 0 Å². The fourth-order valence-electron chi connectivity index (χ4n) is 3.87. The van der Waals surface area contributed by atoms with Gasteiger partial charge in [0.05, 0.1) is 18.8 Å². The van der Waals surface area contributed by atoms with Crippen LogP contribution in [0, 0.1) is 0 Å². The third kappa shape index (κ3) is 4.30. The Bertz CT molecular complexity index is 1120. The number of benzene rings is 2. The molecule has 9 nitrogen and oxygen atoms in total. The summed E-state index contributed by atoms with van der Waals surface area (Å²) in [6.45, 7) is 7.92. The molecule has 0 bridgehead atoms. The Kier molecular flexibility index (Phi) is 6.11. The zero-order valence-electron chi connectivity index (χ0n) is 18.2. The fourth-order valence-corrected chi connectivity index (χ4v) is 3.87. The maximum Gasteiger partial charge on any atom is 0.287 e. The molecule has 0 unspecified atom stereocenters. The van der Waals surface area contributed by atoms with E-state index in [9.17, 15) is 15.0 Å². The van der Waals surface area contributed by atoms with E-state index in [1.165, 1.54) is 10.6 Å². The van der Waals surface area contributed by atoms with Gasteiger partial charge in [0.25, 0.3) is 5.91 Å². The number of phenolic OH excluding ortho intramolecular Hbond substituents is 2. The van der Waals surface area contributed by atoms with Crippen LogP contribution in [-0.2, 0) is 11.3 Å². The predicted octanol–water partition coefficient (Wildman–Crippen LogP) is 2.40. The van der Waals surface area contributed by atoms with E-state index >= 15 is 0 Å². The van der Waals surface area contributed by atoms with Crippen LogP contribution in [0.25, 0.3) is 17.1 Å². The molecule has 1 saturated heterocycles. The molecule has 0 radical (unpaired) electrons. The quantitative estimate of drug-likeness (QED) is 0.540. The van der Waals surface area contributed by atoms with Crippen molar-refractivity contribution in [2.24, 2.45) is 5.73 Å². The maximum atomic E-state index is 12.1. The minimum atomic E-state index is -0.733. The van der Waals surface area contributed by atoms with Gasteiger partial charge >= 0.3 is 0 Å². The zero-order chi connectivity index (χ0) is 22.8. The number of primary amides is 1. The summed E-state index contributed by atoms with van der Waals surface area (Å²) in [7, 11) is 0. The summed E-state index contributed by atoms with van der Waals surface area (Å²) in [4.78, 5) is 14.4. The molecule has 0 saturated carbocycles. The average molecular weight is 438 g/mol. The van der Waals surface area contributed by atoms with Crippen LogP contribution < -0.4 is 5.73 Å². The van der Waals surface area contributed by atoms with Crippen LogP contribution in [0.2, 0.25) is 0 Å². The molecule has 1 aromatic heterocycles. The molecule has 0 spiro atoms. The van der Waals surface area contributed by atoms with Crippen molar-refractivity contribution in [3.05, 3.63) is 53.3 Å². The number of hydrogen-bond donors (Lipinski definition) is 3. The number of phenols is 2. The second-order valence-electron chi connectivity index (χ2n) is 8.18. The van der Waals surface area contributed by atoms with Gasteiger partial charge in [-0.2, -0.15) is 0 Å². The van der Waals surface area contributed by atoms with E-state index in [2.05, 4.69) is 15.1 Å². The number of rotatable bonds is 6. The average Bonchev–Trinajstić information content (AvgIpc) is 3.20. The highest BCUT2D eigenvalue weighted by atomic mass is 16.5. The molecule has 0 aliphatic carbocycles. The first-order chi connectivity index (χ1) is 15.3. The number of aromatic nitrogens is 3. The first kappa shape index (κ1) is 21.8. The molecule has 1 fully saturated rings. The standard InChI is InChI=1S/C23H27N5O4/c1-14(2)17-11-18(20(30)12-19(17)29)22-25-26-23(21(24)31)28(22)16-5-3-15(4-6-16)13-27-7-9-32-10-8-27/h3-6,11-12,14,29-30H,7-10,13H2,1-2H3,(H2,24,31). The van der Waals surface area contributed by atoms with Crippen molar-refractivity contribution < 1.29 is 19.7 Å². The van der Waals surface area contributed by atoms with Crippen LogP contribution in [0.1, 0.15) is 41.5 Å². The van der Waals surface area contributed by atoms with Crippen LogP contribution in [0.4, 0.5) is 0 Å². The first-order valence-corrected chi connectivity index (χ1v) is 10.6. The van der Waals surface area contributed by atoms with Gasteiger partial charge in [0, 0.05) is 31.4 Å². The van der Waals surface area contributed by atoms with E-state index in [0.29, 0.717) is 16.8 Å². The van der Waals surface area contributed by atoms with Crippen LogP contribution >= 0.6 is 0 Å². The summed E-state index contributed by atoms with van der Waals surface area (Å²) in [5.74, 6) is -0.668. The topological polar surface area (TPSA) is 127 Å². The molecule has 4 rings (SSSR count). The normalized spacial score (nSPS) is 14.7. The fraction of sp³-hybridized carbons (Fsp3) is 0.348. The number of carbonyl (C=O) groups is 1. The molecule has 3 aromatic rings. The third-order valence-corrected chi connectivity index (χ3v) is 5.60. The van der Waals surface area contributed by atoms with Crippen molar-refractivity contribution in [1.82, 2.24) is 19.7 Å². The highest BCUT2D eigenvalue weighted by Crippen LogP contribution is 2.38. The summed E-state index contributed by atoms with van der Waals surface area (Å²) in [6.07, 6.45) is 0. The van der Waals surface area contributed by atoms with Gasteiger partial charge in [0.1, 0.15) is 11.5 Å². The Hall–Kier alpha value is -3.43. The molecule has 1 aliphatic heterocycles. The SMILES string of the molecule is CC(C)c1cc(-c2nnc(C(N)=O)n2-c2ccc(CN3CCOCC3)cc2)c(O)cc1O. The molecule has 9 heteroatoms. The van der Waals surface area contributed by atoms with E-state index in [1.807, 2.05) is 38.1 Å². The van der Waals surface area contributed by atoms with Gasteiger partial charge in [0.2, 0.25) is 5.82 Å². The molecule has 1 amide bonds. The van der Waals surface area contributed by atoms with E-state index in [1.54, 1.807) is 6.07 Å². The van der Waals surface area contributed by atoms with Gasteiger partial charge in [-0.1, -0.05) is 26.0 Å². The number of aromatic hydroxyl groups is 2. The number of carbonyl (C=O) groups excluding carboxylic acids is 1. The molecule has 4 N–H and O–H groups in total. The second-order valence-corrected chi connectivity index (χ2v) is 8.18. The molecule has 168 valence electrons. The Morgan fingerprint density at radius 3 is 2.41 bits per heavy atom. The monoisotopic (exact) mass is 437 g/mol. The van der Waals surface area contributed by atoms with Crippen molar-refractivity contribution in [3.8, 4) is 28.6 Å². The van der Waals surface area contributed by atoms with Crippen LogP contribution in [-0.4, -0.2) is 62.1 Å². The van der Waals surface area contributed by atoms with E-state index in [0.717, 1.165) is 38.4 Å². The van der Waals surface area contributed by atoms with Gasteiger partial charge < -0.3 is 20.7 Å². The number of ether oxygens (including phenoxy) is 1. The number of hydrogen-bond acceptors (Lipinski definition) is 7. The third-order valence-electron chi connectivity index (χ3n) is 5.60. The van der Waals surface area contributed by atoms with Gasteiger partial charge in [-0.05, 0) is 35.2 Å². The number of amides is 1. The lowest BCUT2D eigenvalue weighted by Gasteiger charge is -2.26. The summed E-state index contributed by atoms with van der Waals surface area (Å²) < 4.78 is 6.92. The molecule has 2 heterocycles. The summed E-state index contributed by atoms with van der Waals surface area (Å²) in [5, 5.41) is 28.8. The summed E-state index contributed by atoms with van der Waals surface area (Å²) in [5.41, 5.74) is 8.32. The molecule has 2 aromatic carbocycles. The van der Waals surface area contributed by atoms with Crippen molar-refractivity contribution in [2.45, 2.75) is 26.3 Å². The Labute approximate surface area is 186 Å². The summed E-state index contributed by atoms with van der Waals surface area (Å²) >= 11 is 0. The van der Waals surface area contributed by atoms with Gasteiger partial charge in [0.15, 0.2) is 5.82 Å². The first-order valence-electron chi connectivity index (χ1n) is 10.6. The smallest absolute Gasteiger partial charge is 0.287 e. The minimum Gasteiger partial charge on any atom is -0.508 e. The molecule has 1 aliphatic rings. The van der Waals surface area contributed by atoms with Crippen LogP contribution in [0.5, 0.6) is 11.5 Å². The van der Waals surface area contributed by atoms with Gasteiger partial charge in [-0.15, -0.1) is 10.2 Å². The number of morpholine rings is 1. The molecule has 32 heavy (non-hydrogen) atoms. The Balaban J connectivity index is 1.74. The largest absolute Gasteiger partial charge is 0.508 e. The van der Waals surface area contributed by atoms with Crippen molar-refractivity contribution in [3.63, 3.8) is 0 Å².